The minimum Gasteiger partial charge on any atom is -0.333 e. The maximum Gasteiger partial charge on any atom is 0.269 e. The van der Waals surface area contributed by atoms with Crippen LogP contribution in [0.5, 0.6) is 0 Å². The summed E-state index contributed by atoms with van der Waals surface area (Å²) in [5.74, 6) is 0. The summed E-state index contributed by atoms with van der Waals surface area (Å²) < 4.78 is 14.5. The van der Waals surface area contributed by atoms with Crippen LogP contribution in [0, 0.1) is 0 Å². The smallest absolute Gasteiger partial charge is 0.269 e. The monoisotopic (exact) mass is 300 g/mol. The molecular formula is C11H28ClN3O2P+. The molecule has 1 unspecified atom stereocenters. The molecule has 0 rings (SSSR count). The van der Waals surface area contributed by atoms with E-state index in [0.29, 0.717) is 13.0 Å². The molecule has 1 atom stereocenters. The molecule has 0 bridgehead atoms. The average molecular weight is 301 g/mol. The van der Waals surface area contributed by atoms with Gasteiger partial charge in [0, 0.05) is 11.7 Å². The van der Waals surface area contributed by atoms with Crippen molar-refractivity contribution in [2.24, 2.45) is 0 Å². The highest BCUT2D eigenvalue weighted by atomic mass is 35.5. The number of nitrogens with zero attached hydrogens (tertiary/aromatic N) is 2. The third-order valence-corrected chi connectivity index (χ3v) is 5.50. The molecule has 110 valence electrons. The number of quaternary nitrogens is 1. The fourth-order valence-electron chi connectivity index (χ4n) is 1.24. The molecule has 0 aliphatic carbocycles. The quantitative estimate of drug-likeness (QED) is 0.407. The van der Waals surface area contributed by atoms with Crippen LogP contribution in [0.15, 0.2) is 0 Å². The summed E-state index contributed by atoms with van der Waals surface area (Å²) in [5, 5.41) is 0. The molecule has 2 N–H and O–H groups in total. The van der Waals surface area contributed by atoms with E-state index in [-0.39, 0.29) is 11.7 Å². The lowest BCUT2D eigenvalue weighted by Crippen LogP contribution is -2.40. The van der Waals surface area contributed by atoms with Crippen LogP contribution in [0.3, 0.4) is 0 Å². The van der Waals surface area contributed by atoms with E-state index >= 15 is 0 Å². The first-order valence-electron chi connectivity index (χ1n) is 6.11. The molecule has 0 aromatic rings. The number of likely N-dealkylation sites (N-methyl/N-ethyl adjacent to an activating group) is 2. The summed E-state index contributed by atoms with van der Waals surface area (Å²) in [6.45, 7) is 5.25. The van der Waals surface area contributed by atoms with Gasteiger partial charge in [-0.05, 0) is 39.1 Å². The molecule has 0 aromatic heterocycles. The molecule has 0 spiro atoms. The molecule has 0 amide bonds. The number of hydrogen-bond acceptors (Lipinski definition) is 2. The first kappa shape index (κ1) is 18.4. The summed E-state index contributed by atoms with van der Waals surface area (Å²) in [6, 6.07) is 0. The van der Waals surface area contributed by atoms with Gasteiger partial charge in [-0.15, -0.1) is 0 Å². The minimum absolute atomic E-state index is 0.243. The fourth-order valence-corrected chi connectivity index (χ4v) is 2.93. The molecule has 0 radical (unpaired) electrons. The number of halogens is 1. The van der Waals surface area contributed by atoms with Gasteiger partial charge in [-0.2, -0.15) is 0 Å². The predicted molar refractivity (Wildman–Crippen MR) is 77.9 cm³/mol. The van der Waals surface area contributed by atoms with Crippen LogP contribution in [0.1, 0.15) is 20.3 Å². The van der Waals surface area contributed by atoms with Gasteiger partial charge in [0.15, 0.2) is 0 Å². The molecule has 0 fully saturated rings. The molecule has 18 heavy (non-hydrogen) atoms. The van der Waals surface area contributed by atoms with Crippen LogP contribution >= 0.6 is 19.3 Å². The highest BCUT2D eigenvalue weighted by Gasteiger charge is 2.29. The van der Waals surface area contributed by atoms with Crippen molar-refractivity contribution in [1.29, 1.82) is 0 Å². The Balaban J connectivity index is 4.32. The summed E-state index contributed by atoms with van der Waals surface area (Å²) in [6.07, 6.45) is 0.798. The van der Waals surface area contributed by atoms with Gasteiger partial charge in [0.25, 0.3) is 7.52 Å². The van der Waals surface area contributed by atoms with Crippen molar-refractivity contribution in [1.82, 2.24) is 9.51 Å². The molecule has 5 nitrogen and oxygen atoms in total. The van der Waals surface area contributed by atoms with Crippen molar-refractivity contribution >= 4 is 19.3 Å². The Morgan fingerprint density at radius 2 is 1.89 bits per heavy atom. The lowest BCUT2D eigenvalue weighted by Gasteiger charge is -2.30. The van der Waals surface area contributed by atoms with Gasteiger partial charge in [-0.1, -0.05) is 0 Å². The highest BCUT2D eigenvalue weighted by molar-refractivity contribution is 7.55. The largest absolute Gasteiger partial charge is 0.333 e. The predicted octanol–water partition coefficient (Wildman–Crippen LogP) is 1.72. The Hall–Kier alpha value is 0.360. The normalized spacial score (nSPS) is 16.9. The highest BCUT2D eigenvalue weighted by Crippen LogP contribution is 2.45. The van der Waals surface area contributed by atoms with Crippen LogP contribution in [0.25, 0.3) is 0 Å². The van der Waals surface area contributed by atoms with E-state index in [2.05, 4.69) is 26.0 Å². The van der Waals surface area contributed by atoms with E-state index < -0.39 is 7.52 Å². The van der Waals surface area contributed by atoms with Crippen LogP contribution < -0.4 is 4.84 Å². The second-order valence-electron chi connectivity index (χ2n) is 6.51. The molecule has 0 aliphatic rings. The van der Waals surface area contributed by atoms with Crippen molar-refractivity contribution in [2.75, 3.05) is 47.4 Å². The number of nitrogens with one attached hydrogen (secondary N) is 1. The third kappa shape index (κ3) is 7.72. The topological polar surface area (TPSA) is 52.6 Å². The van der Waals surface area contributed by atoms with Crippen LogP contribution in [0.2, 0.25) is 0 Å². The van der Waals surface area contributed by atoms with Crippen LogP contribution in [-0.4, -0.2) is 67.0 Å². The molecule has 7 heteroatoms. The lowest BCUT2D eigenvalue weighted by molar-refractivity contribution is -0.869. The maximum atomic E-state index is 12.2. The van der Waals surface area contributed by atoms with E-state index in [0.717, 1.165) is 11.0 Å². The second kappa shape index (κ2) is 6.69. The van der Waals surface area contributed by atoms with Gasteiger partial charge >= 0.3 is 0 Å². The summed E-state index contributed by atoms with van der Waals surface area (Å²) in [7, 11) is 4.65. The fraction of sp³-hybridized carbons (Fsp3) is 1.00. The Bertz CT molecular complexity index is 305. The first-order valence-corrected chi connectivity index (χ1v) is 8.29. The summed E-state index contributed by atoms with van der Waals surface area (Å²) in [4.78, 5) is 12.7. The van der Waals surface area contributed by atoms with Crippen LogP contribution in [0.4, 0.5) is 0 Å². The third-order valence-electron chi connectivity index (χ3n) is 2.91. The zero-order valence-electron chi connectivity index (χ0n) is 12.4. The number of hydrogen-bond donors (Lipinski definition) is 2. The Morgan fingerprint density at radius 3 is 2.28 bits per heavy atom. The SMILES string of the molecule is CN(CC[N+](C)(C)C)P(=O)(O)CCC(C)(C)NCl. The second-order valence-corrected chi connectivity index (χ2v) is 9.16. The number of rotatable bonds is 8. The summed E-state index contributed by atoms with van der Waals surface area (Å²) >= 11 is 5.59. The first-order chi connectivity index (χ1) is 7.90. The van der Waals surface area contributed by atoms with Gasteiger partial charge < -0.3 is 9.38 Å². The van der Waals surface area contributed by atoms with E-state index in [9.17, 15) is 9.46 Å². The molecule has 0 saturated heterocycles. The molecule has 0 aromatic carbocycles. The van der Waals surface area contributed by atoms with Gasteiger partial charge in [-0.3, -0.25) is 4.57 Å². The molecule has 0 heterocycles. The van der Waals surface area contributed by atoms with Gasteiger partial charge in [0.1, 0.15) is 0 Å². The van der Waals surface area contributed by atoms with E-state index in [1.165, 1.54) is 0 Å². The zero-order chi connectivity index (χ0) is 14.6. The zero-order valence-corrected chi connectivity index (χ0v) is 14.1. The lowest BCUT2D eigenvalue weighted by atomic mass is 10.0. The van der Waals surface area contributed by atoms with Gasteiger partial charge in [0.2, 0.25) is 0 Å². The summed E-state index contributed by atoms with van der Waals surface area (Å²) in [5.41, 5.74) is -0.332. The van der Waals surface area contributed by atoms with Gasteiger partial charge in [-0.25, -0.2) is 9.51 Å². The van der Waals surface area contributed by atoms with Crippen molar-refractivity contribution in [2.45, 2.75) is 25.8 Å². The Labute approximate surface area is 116 Å². The Morgan fingerprint density at radius 1 is 1.39 bits per heavy atom. The van der Waals surface area contributed by atoms with E-state index in [1.54, 1.807) is 11.7 Å². The van der Waals surface area contributed by atoms with Crippen molar-refractivity contribution in [3.05, 3.63) is 0 Å². The van der Waals surface area contributed by atoms with Crippen molar-refractivity contribution < 1.29 is 13.9 Å². The average Bonchev–Trinajstić information content (AvgIpc) is 2.22. The molecule has 0 saturated carbocycles. The maximum absolute atomic E-state index is 12.2. The van der Waals surface area contributed by atoms with Gasteiger partial charge in [0.05, 0.1) is 34.2 Å². The standard InChI is InChI=1S/C11H27ClN3O2P/c1-11(2,13-12)7-10-18(16,17)14(3)8-9-15(4,5)6/h13H,7-10H2,1-6H3/p+1. The minimum atomic E-state index is -3.25. The van der Waals surface area contributed by atoms with Crippen molar-refractivity contribution in [3.8, 4) is 0 Å². The molecular weight excluding hydrogens is 273 g/mol. The molecule has 0 aliphatic heterocycles. The van der Waals surface area contributed by atoms with Crippen molar-refractivity contribution in [3.63, 3.8) is 0 Å². The Kier molecular flexibility index (Phi) is 6.82. The van der Waals surface area contributed by atoms with Crippen LogP contribution in [-0.2, 0) is 4.57 Å². The van der Waals surface area contributed by atoms with E-state index in [4.69, 9.17) is 11.8 Å². The van der Waals surface area contributed by atoms with E-state index in [1.807, 2.05) is 13.8 Å².